The van der Waals surface area contributed by atoms with E-state index in [4.69, 9.17) is 9.47 Å². The molecule has 0 heterocycles. The van der Waals surface area contributed by atoms with Crippen molar-refractivity contribution in [3.05, 3.63) is 93.1 Å². The van der Waals surface area contributed by atoms with Crippen LogP contribution in [0.25, 0.3) is 0 Å². The Morgan fingerprint density at radius 2 is 1.80 bits per heavy atom. The van der Waals surface area contributed by atoms with Gasteiger partial charge in [-0.1, -0.05) is 42.5 Å². The first-order chi connectivity index (χ1) is 14.5. The molecule has 0 aliphatic rings. The summed E-state index contributed by atoms with van der Waals surface area (Å²) in [6.45, 7) is 0. The van der Waals surface area contributed by atoms with Crippen molar-refractivity contribution in [3.63, 3.8) is 0 Å². The number of esters is 1. The lowest BCUT2D eigenvalue weighted by Crippen LogP contribution is -2.15. The van der Waals surface area contributed by atoms with Crippen LogP contribution in [0.15, 0.2) is 72.8 Å². The lowest BCUT2D eigenvalue weighted by molar-refractivity contribution is -0.118. The minimum absolute atomic E-state index is 0.151. The number of nitriles is 1. The van der Waals surface area contributed by atoms with Crippen molar-refractivity contribution in [1.29, 1.82) is 5.26 Å². The molecule has 0 saturated carbocycles. The van der Waals surface area contributed by atoms with Gasteiger partial charge in [-0.05, 0) is 64.0 Å². The molecule has 30 heavy (non-hydrogen) atoms. The van der Waals surface area contributed by atoms with Gasteiger partial charge in [0.1, 0.15) is 17.4 Å². The van der Waals surface area contributed by atoms with Gasteiger partial charge < -0.3 is 9.47 Å². The number of ketones is 1. The maximum Gasteiger partial charge on any atom is 0.343 e. The third-order valence-corrected chi connectivity index (χ3v) is 5.30. The Labute approximate surface area is 188 Å². The Morgan fingerprint density at radius 1 is 1.03 bits per heavy atom. The second-order valence-corrected chi connectivity index (χ2v) is 7.66. The first kappa shape index (κ1) is 21.5. The van der Waals surface area contributed by atoms with E-state index in [1.807, 2.05) is 30.3 Å². The summed E-state index contributed by atoms with van der Waals surface area (Å²) in [5.74, 6) is -0.678. The lowest BCUT2D eigenvalue weighted by Gasteiger charge is -2.11. The summed E-state index contributed by atoms with van der Waals surface area (Å²) in [7, 11) is 1.57. The van der Waals surface area contributed by atoms with E-state index in [1.54, 1.807) is 43.5 Å². The minimum atomic E-state index is -0.958. The molecule has 0 N–H and O–H groups in total. The highest BCUT2D eigenvalue weighted by atomic mass is 127. The van der Waals surface area contributed by atoms with E-state index in [0.717, 1.165) is 9.13 Å². The highest BCUT2D eigenvalue weighted by Gasteiger charge is 2.22. The number of rotatable bonds is 7. The number of hydrogen-bond acceptors (Lipinski definition) is 5. The molecule has 0 aliphatic heterocycles. The largest absolute Gasteiger partial charge is 0.496 e. The predicted molar refractivity (Wildman–Crippen MR) is 121 cm³/mol. The smallest absolute Gasteiger partial charge is 0.343 e. The van der Waals surface area contributed by atoms with Gasteiger partial charge in [-0.2, -0.15) is 5.26 Å². The summed E-state index contributed by atoms with van der Waals surface area (Å²) < 4.78 is 11.4. The number of halogens is 1. The molecule has 0 amide bonds. The fourth-order valence-electron chi connectivity index (χ4n) is 2.95. The first-order valence-electron chi connectivity index (χ1n) is 9.13. The van der Waals surface area contributed by atoms with Crippen molar-refractivity contribution in [2.24, 2.45) is 0 Å². The van der Waals surface area contributed by atoms with Gasteiger partial charge in [0.05, 0.1) is 22.3 Å². The Kier molecular flexibility index (Phi) is 7.20. The summed E-state index contributed by atoms with van der Waals surface area (Å²) in [5.41, 5.74) is 1.58. The molecule has 0 spiro atoms. The summed E-state index contributed by atoms with van der Waals surface area (Å²) >= 11 is 2.09. The van der Waals surface area contributed by atoms with Crippen molar-refractivity contribution < 1.29 is 19.1 Å². The average molecular weight is 511 g/mol. The third kappa shape index (κ3) is 5.24. The molecule has 3 rings (SSSR count). The van der Waals surface area contributed by atoms with Crippen molar-refractivity contribution >= 4 is 34.3 Å². The monoisotopic (exact) mass is 511 g/mol. The number of ether oxygens (including phenoxy) is 2. The molecule has 0 saturated heterocycles. The zero-order valence-electron chi connectivity index (χ0n) is 16.2. The zero-order chi connectivity index (χ0) is 21.5. The molecule has 6 heteroatoms. The predicted octanol–water partition coefficient (Wildman–Crippen LogP) is 4.94. The van der Waals surface area contributed by atoms with E-state index in [9.17, 15) is 14.9 Å². The van der Waals surface area contributed by atoms with Crippen LogP contribution in [-0.2, 0) is 11.2 Å². The van der Waals surface area contributed by atoms with E-state index in [2.05, 4.69) is 28.7 Å². The molecule has 0 aromatic heterocycles. The van der Waals surface area contributed by atoms with E-state index >= 15 is 0 Å². The standard InChI is InChI=1S/C24H18INO4/c1-29-23-11-10-19(14-21(23)25)30-24(28)18-9-5-8-17(13-18)20(15-26)22(27)12-16-6-3-2-4-7-16/h2-11,13-14,20H,12H2,1H3. The van der Waals surface area contributed by atoms with Crippen molar-refractivity contribution in [2.75, 3.05) is 7.11 Å². The third-order valence-electron chi connectivity index (χ3n) is 4.46. The average Bonchev–Trinajstić information content (AvgIpc) is 2.75. The van der Waals surface area contributed by atoms with Crippen molar-refractivity contribution in [2.45, 2.75) is 12.3 Å². The molecule has 1 atom stereocenters. The van der Waals surface area contributed by atoms with Crippen LogP contribution in [0.4, 0.5) is 0 Å². The van der Waals surface area contributed by atoms with Crippen LogP contribution in [-0.4, -0.2) is 18.9 Å². The lowest BCUT2D eigenvalue weighted by atomic mass is 9.91. The van der Waals surface area contributed by atoms with Gasteiger partial charge in [-0.25, -0.2) is 4.79 Å². The molecular formula is C24H18INO4. The van der Waals surface area contributed by atoms with Crippen LogP contribution in [0.1, 0.15) is 27.4 Å². The maximum atomic E-state index is 12.7. The van der Waals surface area contributed by atoms with Crippen LogP contribution in [0.2, 0.25) is 0 Å². The van der Waals surface area contributed by atoms with Crippen LogP contribution in [0.3, 0.4) is 0 Å². The van der Waals surface area contributed by atoms with E-state index in [0.29, 0.717) is 17.1 Å². The number of carbonyl (C=O) groups excluding carboxylic acids is 2. The molecule has 3 aromatic carbocycles. The van der Waals surface area contributed by atoms with E-state index < -0.39 is 11.9 Å². The van der Waals surface area contributed by atoms with Gasteiger partial charge in [0.15, 0.2) is 5.78 Å². The first-order valence-corrected chi connectivity index (χ1v) is 10.2. The Morgan fingerprint density at radius 3 is 2.47 bits per heavy atom. The van der Waals surface area contributed by atoms with Crippen LogP contribution < -0.4 is 9.47 Å². The second kappa shape index (κ2) is 10.0. The van der Waals surface area contributed by atoms with Gasteiger partial charge in [0, 0.05) is 6.42 Å². The van der Waals surface area contributed by atoms with Crippen molar-refractivity contribution in [3.8, 4) is 17.6 Å². The molecule has 5 nitrogen and oxygen atoms in total. The molecule has 3 aromatic rings. The number of benzene rings is 3. The van der Waals surface area contributed by atoms with Crippen LogP contribution in [0.5, 0.6) is 11.5 Å². The van der Waals surface area contributed by atoms with Crippen LogP contribution >= 0.6 is 22.6 Å². The quantitative estimate of drug-likeness (QED) is 0.255. The van der Waals surface area contributed by atoms with Gasteiger partial charge in [0.25, 0.3) is 0 Å². The molecule has 0 fully saturated rings. The number of carbonyl (C=O) groups is 2. The van der Waals surface area contributed by atoms with E-state index in [-0.39, 0.29) is 17.8 Å². The Bertz CT molecular complexity index is 1110. The normalized spacial score (nSPS) is 11.2. The summed E-state index contributed by atoms with van der Waals surface area (Å²) in [6.07, 6.45) is 0.151. The molecule has 1 unspecified atom stereocenters. The summed E-state index contributed by atoms with van der Waals surface area (Å²) in [4.78, 5) is 25.2. The van der Waals surface area contributed by atoms with Gasteiger partial charge in [0.2, 0.25) is 0 Å². The minimum Gasteiger partial charge on any atom is -0.496 e. The number of Topliss-reactive ketones (excluding diaryl/α,β-unsaturated/α-hetero) is 1. The molecule has 150 valence electrons. The Balaban J connectivity index is 1.77. The molecule has 0 aliphatic carbocycles. The summed E-state index contributed by atoms with van der Waals surface area (Å²) in [6, 6.07) is 22.8. The zero-order valence-corrected chi connectivity index (χ0v) is 18.3. The highest BCUT2D eigenvalue weighted by Crippen LogP contribution is 2.26. The van der Waals surface area contributed by atoms with Crippen LogP contribution in [0, 0.1) is 14.9 Å². The van der Waals surface area contributed by atoms with Crippen molar-refractivity contribution in [1.82, 2.24) is 0 Å². The number of methoxy groups -OCH3 is 1. The molecule has 0 bridgehead atoms. The van der Waals surface area contributed by atoms with Gasteiger partial charge in [-0.3, -0.25) is 4.79 Å². The topological polar surface area (TPSA) is 76.4 Å². The Hall–Kier alpha value is -3.18. The highest BCUT2D eigenvalue weighted by molar-refractivity contribution is 14.1. The number of hydrogen-bond donors (Lipinski definition) is 0. The molecule has 0 radical (unpaired) electrons. The molecular weight excluding hydrogens is 493 g/mol. The van der Waals surface area contributed by atoms with Gasteiger partial charge >= 0.3 is 5.97 Å². The SMILES string of the molecule is COc1ccc(OC(=O)c2cccc(C(C#N)C(=O)Cc3ccccc3)c2)cc1I. The maximum absolute atomic E-state index is 12.7. The summed E-state index contributed by atoms with van der Waals surface area (Å²) in [5, 5.41) is 9.57. The fraction of sp³-hybridized carbons (Fsp3) is 0.125. The van der Waals surface area contributed by atoms with E-state index in [1.165, 1.54) is 6.07 Å². The number of nitrogens with zero attached hydrogens (tertiary/aromatic N) is 1. The second-order valence-electron chi connectivity index (χ2n) is 6.50. The fourth-order valence-corrected chi connectivity index (χ4v) is 3.66. The van der Waals surface area contributed by atoms with Gasteiger partial charge in [-0.15, -0.1) is 0 Å².